The molecule has 1 unspecified atom stereocenters. The first-order valence-corrected chi connectivity index (χ1v) is 6.96. The van der Waals surface area contributed by atoms with E-state index in [2.05, 4.69) is 29.4 Å². The molecule has 1 aromatic carbocycles. The summed E-state index contributed by atoms with van der Waals surface area (Å²) < 4.78 is 0. The zero-order valence-corrected chi connectivity index (χ0v) is 11.7. The second kappa shape index (κ2) is 7.43. The molecule has 1 N–H and O–H groups in total. The second-order valence-corrected chi connectivity index (χ2v) is 4.70. The molecule has 1 aromatic heterocycles. The van der Waals surface area contributed by atoms with E-state index in [-0.39, 0.29) is 6.04 Å². The molecule has 0 fully saturated rings. The smallest absolute Gasteiger partial charge is 0.207 e. The van der Waals surface area contributed by atoms with Crippen molar-refractivity contribution in [2.45, 2.75) is 32.2 Å². The minimum Gasteiger partial charge on any atom is -0.346 e. The number of aryl methyl sites for hydroxylation is 1. The van der Waals surface area contributed by atoms with Gasteiger partial charge in [-0.05, 0) is 48.2 Å². The van der Waals surface area contributed by atoms with Gasteiger partial charge in [-0.2, -0.15) is 0 Å². The third kappa shape index (κ3) is 3.44. The summed E-state index contributed by atoms with van der Waals surface area (Å²) in [6, 6.07) is 14.6. The maximum atomic E-state index is 10.9. The van der Waals surface area contributed by atoms with E-state index in [9.17, 15) is 4.79 Å². The number of benzene rings is 1. The first-order valence-electron chi connectivity index (χ1n) is 6.96. The van der Waals surface area contributed by atoms with Crippen molar-refractivity contribution >= 4 is 6.41 Å². The first-order chi connectivity index (χ1) is 9.86. The van der Waals surface area contributed by atoms with Crippen molar-refractivity contribution in [2.75, 3.05) is 0 Å². The molecule has 3 heteroatoms. The van der Waals surface area contributed by atoms with E-state index in [4.69, 9.17) is 0 Å². The number of unbranched alkanes of at least 4 members (excludes halogenated alkanes) is 1. The van der Waals surface area contributed by atoms with Crippen molar-refractivity contribution in [3.05, 3.63) is 65.5 Å². The Balaban J connectivity index is 2.36. The summed E-state index contributed by atoms with van der Waals surface area (Å²) in [7, 11) is 0. The molecule has 103 valence electrons. The van der Waals surface area contributed by atoms with Crippen LogP contribution in [0.25, 0.3) is 0 Å². The van der Waals surface area contributed by atoms with Gasteiger partial charge in [0.05, 0.1) is 11.7 Å². The minimum absolute atomic E-state index is 0.210. The summed E-state index contributed by atoms with van der Waals surface area (Å²) >= 11 is 0. The highest BCUT2D eigenvalue weighted by atomic mass is 16.1. The summed E-state index contributed by atoms with van der Waals surface area (Å²) in [5.41, 5.74) is 3.17. The fourth-order valence-corrected chi connectivity index (χ4v) is 2.29. The van der Waals surface area contributed by atoms with Crippen molar-refractivity contribution in [3.63, 3.8) is 0 Å². The van der Waals surface area contributed by atoms with E-state index in [0.717, 1.165) is 36.9 Å². The lowest BCUT2D eigenvalue weighted by molar-refractivity contribution is -0.110. The van der Waals surface area contributed by atoms with E-state index in [0.29, 0.717) is 0 Å². The van der Waals surface area contributed by atoms with Crippen LogP contribution in [0.2, 0.25) is 0 Å². The molecule has 1 heterocycles. The monoisotopic (exact) mass is 267 g/mol. The third-order valence-corrected chi connectivity index (χ3v) is 3.32. The van der Waals surface area contributed by atoms with E-state index >= 15 is 0 Å². The number of nitrogens with zero attached hydrogens (tertiary/aromatic N) is 1. The topological polar surface area (TPSA) is 42.0 Å². The van der Waals surface area contributed by atoms with Gasteiger partial charge in [0.25, 0.3) is 0 Å². The SMILES string of the molecule is CCCCc1cc[c]cc1C(NC=O)c1ccccn1. The lowest BCUT2D eigenvalue weighted by atomic mass is 9.94. The van der Waals surface area contributed by atoms with Crippen LogP contribution in [-0.2, 0) is 11.2 Å². The fourth-order valence-electron chi connectivity index (χ4n) is 2.29. The minimum atomic E-state index is -0.210. The average Bonchev–Trinajstić information content (AvgIpc) is 2.52. The van der Waals surface area contributed by atoms with Gasteiger partial charge in [-0.3, -0.25) is 9.78 Å². The summed E-state index contributed by atoms with van der Waals surface area (Å²) in [5.74, 6) is 0. The Morgan fingerprint density at radius 2 is 2.30 bits per heavy atom. The Kier molecular flexibility index (Phi) is 5.30. The van der Waals surface area contributed by atoms with Crippen LogP contribution >= 0.6 is 0 Å². The van der Waals surface area contributed by atoms with Crippen LogP contribution in [0, 0.1) is 6.07 Å². The van der Waals surface area contributed by atoms with Crippen molar-refractivity contribution in [3.8, 4) is 0 Å². The van der Waals surface area contributed by atoms with Gasteiger partial charge in [0.2, 0.25) is 6.41 Å². The standard InChI is InChI=1S/C17H19N2O/c1-2-3-8-14-9-4-5-10-15(14)17(19-13-20)16-11-6-7-12-18-16/h4,6-7,9-13,17H,2-3,8H2,1H3,(H,19,20). The number of pyridine rings is 1. The molecular weight excluding hydrogens is 248 g/mol. The molecule has 3 nitrogen and oxygen atoms in total. The van der Waals surface area contributed by atoms with Gasteiger partial charge in [0.1, 0.15) is 0 Å². The Bertz CT molecular complexity index is 540. The highest BCUT2D eigenvalue weighted by Gasteiger charge is 2.17. The van der Waals surface area contributed by atoms with Gasteiger partial charge in [0.15, 0.2) is 0 Å². The Morgan fingerprint density at radius 1 is 1.40 bits per heavy atom. The Morgan fingerprint density at radius 3 is 3.00 bits per heavy atom. The molecule has 0 saturated carbocycles. The molecule has 0 bridgehead atoms. The Hall–Kier alpha value is -2.16. The molecule has 0 aliphatic heterocycles. The van der Waals surface area contributed by atoms with E-state index in [1.807, 2.05) is 30.3 Å². The van der Waals surface area contributed by atoms with Crippen LogP contribution in [-0.4, -0.2) is 11.4 Å². The highest BCUT2D eigenvalue weighted by Crippen LogP contribution is 2.24. The normalized spacial score (nSPS) is 11.8. The largest absolute Gasteiger partial charge is 0.346 e. The van der Waals surface area contributed by atoms with Crippen LogP contribution in [0.15, 0.2) is 42.6 Å². The van der Waals surface area contributed by atoms with Crippen molar-refractivity contribution in [2.24, 2.45) is 0 Å². The molecule has 0 aliphatic carbocycles. The number of hydrogen-bond donors (Lipinski definition) is 1. The average molecular weight is 267 g/mol. The molecule has 1 radical (unpaired) electrons. The molecule has 0 spiro atoms. The number of amides is 1. The van der Waals surface area contributed by atoms with Gasteiger partial charge < -0.3 is 5.32 Å². The number of carbonyl (C=O) groups excluding carboxylic acids is 1. The van der Waals surface area contributed by atoms with E-state index in [1.54, 1.807) is 6.20 Å². The van der Waals surface area contributed by atoms with E-state index < -0.39 is 0 Å². The predicted octanol–water partition coefficient (Wildman–Crippen LogP) is 3.06. The third-order valence-electron chi connectivity index (χ3n) is 3.32. The van der Waals surface area contributed by atoms with Crippen LogP contribution in [0.4, 0.5) is 0 Å². The lowest BCUT2D eigenvalue weighted by Crippen LogP contribution is -2.22. The maximum Gasteiger partial charge on any atom is 0.207 e. The molecule has 0 aliphatic rings. The van der Waals surface area contributed by atoms with Gasteiger partial charge >= 0.3 is 0 Å². The summed E-state index contributed by atoms with van der Waals surface area (Å²) in [6.45, 7) is 2.18. The lowest BCUT2D eigenvalue weighted by Gasteiger charge is -2.19. The zero-order chi connectivity index (χ0) is 14.2. The van der Waals surface area contributed by atoms with Crippen molar-refractivity contribution < 1.29 is 4.79 Å². The Labute approximate surface area is 120 Å². The molecule has 2 rings (SSSR count). The highest BCUT2D eigenvalue weighted by molar-refractivity contribution is 5.50. The van der Waals surface area contributed by atoms with E-state index in [1.165, 1.54) is 5.56 Å². The molecule has 20 heavy (non-hydrogen) atoms. The van der Waals surface area contributed by atoms with Gasteiger partial charge in [-0.25, -0.2) is 0 Å². The van der Waals surface area contributed by atoms with Crippen molar-refractivity contribution in [1.82, 2.24) is 10.3 Å². The molecular formula is C17H19N2O. The zero-order valence-electron chi connectivity index (χ0n) is 11.7. The van der Waals surface area contributed by atoms with Crippen LogP contribution < -0.4 is 5.32 Å². The number of carbonyl (C=O) groups is 1. The van der Waals surface area contributed by atoms with Crippen LogP contribution in [0.1, 0.15) is 42.6 Å². The molecule has 0 saturated heterocycles. The second-order valence-electron chi connectivity index (χ2n) is 4.70. The summed E-state index contributed by atoms with van der Waals surface area (Å²) in [5, 5.41) is 2.87. The number of rotatable bonds is 7. The number of aromatic nitrogens is 1. The summed E-state index contributed by atoms with van der Waals surface area (Å²) in [6.07, 6.45) is 5.76. The van der Waals surface area contributed by atoms with Crippen molar-refractivity contribution in [1.29, 1.82) is 0 Å². The quantitative estimate of drug-likeness (QED) is 0.783. The van der Waals surface area contributed by atoms with Gasteiger partial charge in [0, 0.05) is 6.20 Å². The summed E-state index contributed by atoms with van der Waals surface area (Å²) in [4.78, 5) is 15.3. The molecule has 1 atom stereocenters. The van der Waals surface area contributed by atoms with Crippen LogP contribution in [0.3, 0.4) is 0 Å². The fraction of sp³-hybridized carbons (Fsp3) is 0.294. The van der Waals surface area contributed by atoms with Crippen LogP contribution in [0.5, 0.6) is 0 Å². The van der Waals surface area contributed by atoms with Gasteiger partial charge in [-0.1, -0.05) is 31.5 Å². The molecule has 1 amide bonds. The van der Waals surface area contributed by atoms with Gasteiger partial charge in [-0.15, -0.1) is 0 Å². The predicted molar refractivity (Wildman–Crippen MR) is 79.2 cm³/mol. The number of nitrogens with one attached hydrogen (secondary N) is 1. The number of hydrogen-bond acceptors (Lipinski definition) is 2. The molecule has 2 aromatic rings. The first kappa shape index (κ1) is 14.3. The maximum absolute atomic E-state index is 10.9.